The Bertz CT molecular complexity index is 359. The Labute approximate surface area is 95.5 Å². The second-order valence-corrected chi connectivity index (χ2v) is 3.27. The van der Waals surface area contributed by atoms with Crippen molar-refractivity contribution in [2.45, 2.75) is 19.8 Å². The van der Waals surface area contributed by atoms with E-state index in [9.17, 15) is 17.6 Å². The Balaban J connectivity index is 2.65. The van der Waals surface area contributed by atoms with Gasteiger partial charge in [-0.1, -0.05) is 0 Å². The normalized spacial score (nSPS) is 11.0. The smallest absolute Gasteiger partial charge is 0.255 e. The van der Waals surface area contributed by atoms with Crippen molar-refractivity contribution in [3.05, 3.63) is 11.8 Å². The Hall–Kier alpha value is -1.60. The van der Waals surface area contributed by atoms with Crippen molar-refractivity contribution in [1.82, 2.24) is 9.97 Å². The summed E-state index contributed by atoms with van der Waals surface area (Å²) in [4.78, 5) is 7.57. The Morgan fingerprint density at radius 2 is 1.71 bits per heavy atom. The van der Waals surface area contributed by atoms with E-state index in [4.69, 9.17) is 0 Å². The number of nitrogens with zero attached hydrogens (tertiary/aromatic N) is 2. The molecule has 0 aliphatic rings. The highest BCUT2D eigenvalue weighted by atomic mass is 19.3. The van der Waals surface area contributed by atoms with Gasteiger partial charge in [0.1, 0.15) is 5.82 Å². The third-order valence-electron chi connectivity index (χ3n) is 1.81. The van der Waals surface area contributed by atoms with Gasteiger partial charge < -0.3 is 10.6 Å². The van der Waals surface area contributed by atoms with E-state index in [1.807, 2.05) is 0 Å². The number of aromatic nitrogens is 2. The van der Waals surface area contributed by atoms with Crippen molar-refractivity contribution in [2.24, 2.45) is 0 Å². The topological polar surface area (TPSA) is 49.8 Å². The van der Waals surface area contributed by atoms with Crippen LogP contribution >= 0.6 is 0 Å². The van der Waals surface area contributed by atoms with E-state index in [2.05, 4.69) is 20.6 Å². The zero-order valence-electron chi connectivity index (χ0n) is 9.05. The molecule has 1 rings (SSSR count). The lowest BCUT2D eigenvalue weighted by atomic mass is 10.3. The molecule has 0 saturated carbocycles. The molecule has 0 aliphatic heterocycles. The number of nitrogens with one attached hydrogen (secondary N) is 2. The summed E-state index contributed by atoms with van der Waals surface area (Å²) in [5.74, 6) is 0.185. The van der Waals surface area contributed by atoms with Crippen LogP contribution in [0.4, 0.5) is 29.3 Å². The van der Waals surface area contributed by atoms with Gasteiger partial charge in [-0.15, -0.1) is 0 Å². The number of halogens is 4. The molecule has 2 N–H and O–H groups in total. The fourth-order valence-corrected chi connectivity index (χ4v) is 1.05. The van der Waals surface area contributed by atoms with Gasteiger partial charge in [0.2, 0.25) is 5.95 Å². The number of alkyl halides is 4. The molecule has 1 aromatic rings. The van der Waals surface area contributed by atoms with Crippen LogP contribution in [0.1, 0.15) is 5.56 Å². The fourth-order valence-electron chi connectivity index (χ4n) is 1.05. The van der Waals surface area contributed by atoms with Crippen molar-refractivity contribution in [2.75, 3.05) is 23.7 Å². The number of hydrogen-bond donors (Lipinski definition) is 2. The summed E-state index contributed by atoms with van der Waals surface area (Å²) in [6.07, 6.45) is -3.67. The molecule has 17 heavy (non-hydrogen) atoms. The SMILES string of the molecule is Cc1cnc(NCC(F)F)nc1NCC(F)F. The van der Waals surface area contributed by atoms with E-state index in [-0.39, 0.29) is 11.8 Å². The minimum absolute atomic E-state index is 0.0207. The minimum atomic E-state index is -2.53. The monoisotopic (exact) mass is 252 g/mol. The van der Waals surface area contributed by atoms with Gasteiger partial charge >= 0.3 is 0 Å². The molecule has 0 spiro atoms. The summed E-state index contributed by atoms with van der Waals surface area (Å²) in [5.41, 5.74) is 0.563. The summed E-state index contributed by atoms with van der Waals surface area (Å²) in [6, 6.07) is 0. The van der Waals surface area contributed by atoms with Gasteiger partial charge in [-0.2, -0.15) is 4.98 Å². The first kappa shape index (κ1) is 13.5. The number of rotatable bonds is 6. The molecule has 96 valence electrons. The van der Waals surface area contributed by atoms with E-state index in [0.717, 1.165) is 0 Å². The van der Waals surface area contributed by atoms with Gasteiger partial charge in [-0.05, 0) is 6.92 Å². The molecular formula is C9H12F4N4. The third-order valence-corrected chi connectivity index (χ3v) is 1.81. The van der Waals surface area contributed by atoms with E-state index in [1.165, 1.54) is 6.20 Å². The summed E-state index contributed by atoms with van der Waals surface area (Å²) in [5, 5.41) is 4.71. The molecule has 0 atom stereocenters. The lowest BCUT2D eigenvalue weighted by Crippen LogP contribution is -2.16. The summed E-state index contributed by atoms with van der Waals surface area (Å²) in [6.45, 7) is 0.494. The van der Waals surface area contributed by atoms with Crippen LogP contribution in [0, 0.1) is 6.92 Å². The largest absolute Gasteiger partial charge is 0.364 e. The second kappa shape index (κ2) is 6.21. The molecular weight excluding hydrogens is 240 g/mol. The maximum absolute atomic E-state index is 12.0. The molecule has 1 heterocycles. The highest BCUT2D eigenvalue weighted by Crippen LogP contribution is 2.13. The number of hydrogen-bond acceptors (Lipinski definition) is 4. The van der Waals surface area contributed by atoms with E-state index in [0.29, 0.717) is 5.56 Å². The summed E-state index contributed by atoms with van der Waals surface area (Å²) >= 11 is 0. The Kier molecular flexibility index (Phi) is 4.92. The van der Waals surface area contributed by atoms with Gasteiger partial charge in [0, 0.05) is 11.8 Å². The molecule has 0 amide bonds. The molecule has 0 bridgehead atoms. The first-order valence-corrected chi connectivity index (χ1v) is 4.86. The van der Waals surface area contributed by atoms with Crippen molar-refractivity contribution in [3.63, 3.8) is 0 Å². The van der Waals surface area contributed by atoms with Crippen LogP contribution in [0.5, 0.6) is 0 Å². The van der Waals surface area contributed by atoms with Gasteiger partial charge in [0.15, 0.2) is 0 Å². The molecule has 0 fully saturated rings. The predicted molar refractivity (Wildman–Crippen MR) is 55.8 cm³/mol. The van der Waals surface area contributed by atoms with Crippen LogP contribution in [-0.2, 0) is 0 Å². The van der Waals surface area contributed by atoms with Gasteiger partial charge in [0.05, 0.1) is 13.1 Å². The van der Waals surface area contributed by atoms with Crippen LogP contribution in [0.3, 0.4) is 0 Å². The summed E-state index contributed by atoms with van der Waals surface area (Å²) < 4.78 is 47.8. The van der Waals surface area contributed by atoms with Crippen molar-refractivity contribution in [1.29, 1.82) is 0 Å². The first-order valence-electron chi connectivity index (χ1n) is 4.86. The first-order chi connectivity index (χ1) is 7.99. The maximum atomic E-state index is 12.0. The zero-order valence-corrected chi connectivity index (χ0v) is 9.05. The maximum Gasteiger partial charge on any atom is 0.255 e. The summed E-state index contributed by atoms with van der Waals surface area (Å²) in [7, 11) is 0. The molecule has 8 heteroatoms. The fraction of sp³-hybridized carbons (Fsp3) is 0.556. The van der Waals surface area contributed by atoms with Crippen LogP contribution in [-0.4, -0.2) is 35.9 Å². The van der Waals surface area contributed by atoms with Crippen molar-refractivity contribution in [3.8, 4) is 0 Å². The van der Waals surface area contributed by atoms with Crippen LogP contribution < -0.4 is 10.6 Å². The molecule has 0 unspecified atom stereocenters. The van der Waals surface area contributed by atoms with Gasteiger partial charge in [-0.25, -0.2) is 22.5 Å². The van der Waals surface area contributed by atoms with Gasteiger partial charge in [-0.3, -0.25) is 0 Å². The van der Waals surface area contributed by atoms with Crippen LogP contribution in [0.15, 0.2) is 6.20 Å². The highest BCUT2D eigenvalue weighted by molar-refractivity contribution is 5.46. The minimum Gasteiger partial charge on any atom is -0.364 e. The average Bonchev–Trinajstić information content (AvgIpc) is 2.26. The predicted octanol–water partition coefficient (Wildman–Crippen LogP) is 2.14. The van der Waals surface area contributed by atoms with E-state index >= 15 is 0 Å². The van der Waals surface area contributed by atoms with Gasteiger partial charge in [0.25, 0.3) is 12.9 Å². The molecule has 0 saturated heterocycles. The Morgan fingerprint density at radius 1 is 1.12 bits per heavy atom. The lowest BCUT2D eigenvalue weighted by molar-refractivity contribution is 0.163. The molecule has 0 aromatic carbocycles. The molecule has 0 radical (unpaired) electrons. The Morgan fingerprint density at radius 3 is 2.29 bits per heavy atom. The zero-order chi connectivity index (χ0) is 12.8. The highest BCUT2D eigenvalue weighted by Gasteiger charge is 2.08. The van der Waals surface area contributed by atoms with Crippen LogP contribution in [0.2, 0.25) is 0 Å². The van der Waals surface area contributed by atoms with Crippen LogP contribution in [0.25, 0.3) is 0 Å². The third kappa shape index (κ3) is 4.83. The number of anilines is 2. The number of aryl methyl sites for hydroxylation is 1. The standard InChI is InChI=1S/C9H12F4N4/c1-5-2-15-9(16-4-7(12)13)17-8(5)14-3-6(10)11/h2,6-7H,3-4H2,1H3,(H2,14,15,16,17). The molecule has 0 aliphatic carbocycles. The van der Waals surface area contributed by atoms with E-state index in [1.54, 1.807) is 6.92 Å². The second-order valence-electron chi connectivity index (χ2n) is 3.27. The molecule has 4 nitrogen and oxygen atoms in total. The van der Waals surface area contributed by atoms with Crippen molar-refractivity contribution >= 4 is 11.8 Å². The average molecular weight is 252 g/mol. The van der Waals surface area contributed by atoms with E-state index < -0.39 is 25.9 Å². The quantitative estimate of drug-likeness (QED) is 0.761. The van der Waals surface area contributed by atoms with Crippen molar-refractivity contribution < 1.29 is 17.6 Å². The lowest BCUT2D eigenvalue weighted by Gasteiger charge is -2.10. The molecule has 1 aromatic heterocycles.